The maximum absolute atomic E-state index is 13.1. The van der Waals surface area contributed by atoms with Crippen molar-refractivity contribution in [1.82, 2.24) is 0 Å². The lowest BCUT2D eigenvalue weighted by Gasteiger charge is -2.31. The number of sulfonamides is 1. The van der Waals surface area contributed by atoms with E-state index in [0.29, 0.717) is 4.31 Å². The van der Waals surface area contributed by atoms with Gasteiger partial charge in [0.25, 0.3) is 10.0 Å². The molecule has 0 aliphatic carbocycles. The monoisotopic (exact) mass is 387 g/mol. The van der Waals surface area contributed by atoms with Crippen LogP contribution in [0.2, 0.25) is 0 Å². The summed E-state index contributed by atoms with van der Waals surface area (Å²) in [6, 6.07) is 6.41. The molecule has 1 N–H and O–H groups in total. The third-order valence-electron chi connectivity index (χ3n) is 3.92. The molecule has 0 amide bonds. The van der Waals surface area contributed by atoms with Gasteiger partial charge in [0.15, 0.2) is 0 Å². The largest absolute Gasteiger partial charge is 0.497 e. The van der Waals surface area contributed by atoms with E-state index in [4.69, 9.17) is 9.84 Å². The second kappa shape index (κ2) is 5.90. The lowest BCUT2D eigenvalue weighted by atomic mass is 10.00. The Morgan fingerprint density at radius 1 is 1.15 bits per heavy atom. The summed E-state index contributed by atoms with van der Waals surface area (Å²) >= 11 is 0. The molecule has 0 unspecified atom stereocenters. The molecule has 1 heterocycles. The second-order valence-electron chi connectivity index (χ2n) is 5.50. The minimum atomic E-state index is -4.63. The summed E-state index contributed by atoms with van der Waals surface area (Å²) in [4.78, 5) is 10.8. The van der Waals surface area contributed by atoms with Gasteiger partial charge in [-0.25, -0.2) is 8.42 Å². The number of carboxylic acid groups (broad SMARTS) is 1. The fraction of sp³-hybridized carbons (Fsp3) is 0.188. The number of anilines is 1. The molecule has 3 rings (SSSR count). The number of hydrogen-bond donors (Lipinski definition) is 1. The molecule has 0 spiro atoms. The first-order valence-electron chi connectivity index (χ1n) is 7.20. The van der Waals surface area contributed by atoms with Crippen LogP contribution in [0.25, 0.3) is 11.1 Å². The fourth-order valence-corrected chi connectivity index (χ4v) is 4.41. The summed E-state index contributed by atoms with van der Waals surface area (Å²) in [6.07, 6.45) is -4.63. The SMILES string of the molecule is COc1ccc2c(c1)S(=O)(=O)N(CC(=O)O)c1ccc(C(F)(F)F)cc1-2. The van der Waals surface area contributed by atoms with Crippen molar-refractivity contribution in [2.24, 2.45) is 0 Å². The number of aliphatic carboxylic acids is 1. The van der Waals surface area contributed by atoms with Crippen molar-refractivity contribution in [3.8, 4) is 16.9 Å². The van der Waals surface area contributed by atoms with E-state index in [1.807, 2.05) is 0 Å². The average molecular weight is 387 g/mol. The summed E-state index contributed by atoms with van der Waals surface area (Å²) in [7, 11) is -2.97. The molecular formula is C16H12F3NO5S. The standard InChI is InChI=1S/C16H12F3NO5S/c1-25-10-3-4-11-12-6-9(16(17,18)19)2-5-13(12)20(8-15(21)22)26(23,24)14(11)7-10/h2-7H,8H2,1H3,(H,21,22). The normalized spacial score (nSPS) is 15.2. The van der Waals surface area contributed by atoms with Crippen LogP contribution < -0.4 is 9.04 Å². The molecule has 6 nitrogen and oxygen atoms in total. The van der Waals surface area contributed by atoms with Crippen LogP contribution in [0.1, 0.15) is 5.56 Å². The topological polar surface area (TPSA) is 83.9 Å². The second-order valence-corrected chi connectivity index (χ2v) is 7.33. The number of fused-ring (bicyclic) bond motifs is 3. The number of carbonyl (C=O) groups is 1. The van der Waals surface area contributed by atoms with E-state index in [0.717, 1.165) is 24.3 Å². The summed E-state index contributed by atoms with van der Waals surface area (Å²) in [5.41, 5.74) is -1.06. The van der Waals surface area contributed by atoms with E-state index in [9.17, 15) is 26.4 Å². The number of benzene rings is 2. The molecule has 1 aliphatic rings. The molecule has 138 valence electrons. The molecule has 26 heavy (non-hydrogen) atoms. The molecular weight excluding hydrogens is 375 g/mol. The Labute approximate surface area is 146 Å². The van der Waals surface area contributed by atoms with Gasteiger partial charge in [-0.2, -0.15) is 13.2 Å². The van der Waals surface area contributed by atoms with Crippen LogP contribution in [-0.4, -0.2) is 33.1 Å². The van der Waals surface area contributed by atoms with Gasteiger partial charge >= 0.3 is 12.1 Å². The molecule has 0 saturated carbocycles. The van der Waals surface area contributed by atoms with Crippen LogP contribution in [0, 0.1) is 0 Å². The predicted octanol–water partition coefficient (Wildman–Crippen LogP) is 2.97. The molecule has 10 heteroatoms. The highest BCUT2D eigenvalue weighted by Gasteiger charge is 2.39. The molecule has 0 fully saturated rings. The van der Waals surface area contributed by atoms with Gasteiger partial charge in [0.05, 0.1) is 23.3 Å². The fourth-order valence-electron chi connectivity index (χ4n) is 2.75. The number of carboxylic acids is 1. The third-order valence-corrected chi connectivity index (χ3v) is 5.72. The number of nitrogens with zero attached hydrogens (tertiary/aromatic N) is 1. The van der Waals surface area contributed by atoms with Crippen molar-refractivity contribution in [3.05, 3.63) is 42.0 Å². The van der Waals surface area contributed by atoms with Gasteiger partial charge in [-0.3, -0.25) is 9.10 Å². The van der Waals surface area contributed by atoms with Crippen molar-refractivity contribution in [3.63, 3.8) is 0 Å². The molecule has 0 saturated heterocycles. The number of methoxy groups -OCH3 is 1. The van der Waals surface area contributed by atoms with Crippen molar-refractivity contribution >= 4 is 21.7 Å². The highest BCUT2D eigenvalue weighted by Crippen LogP contribution is 2.46. The maximum Gasteiger partial charge on any atom is 0.416 e. The summed E-state index contributed by atoms with van der Waals surface area (Å²) in [6.45, 7) is -0.919. The smallest absolute Gasteiger partial charge is 0.416 e. The van der Waals surface area contributed by atoms with Crippen molar-refractivity contribution in [2.75, 3.05) is 18.0 Å². The van der Waals surface area contributed by atoms with Gasteiger partial charge in [-0.15, -0.1) is 0 Å². The number of halogens is 3. The summed E-state index contributed by atoms with van der Waals surface area (Å²) < 4.78 is 70.4. The zero-order valence-electron chi connectivity index (χ0n) is 13.2. The van der Waals surface area contributed by atoms with Crippen LogP contribution >= 0.6 is 0 Å². The Morgan fingerprint density at radius 2 is 1.85 bits per heavy atom. The predicted molar refractivity (Wildman–Crippen MR) is 85.6 cm³/mol. The Kier molecular flexibility index (Phi) is 4.10. The van der Waals surface area contributed by atoms with E-state index in [-0.39, 0.29) is 27.5 Å². The molecule has 2 aromatic carbocycles. The van der Waals surface area contributed by atoms with Crippen LogP contribution in [0.4, 0.5) is 18.9 Å². The average Bonchev–Trinajstić information content (AvgIpc) is 2.57. The lowest BCUT2D eigenvalue weighted by Crippen LogP contribution is -2.38. The first kappa shape index (κ1) is 18.1. The minimum Gasteiger partial charge on any atom is -0.497 e. The van der Waals surface area contributed by atoms with Crippen LogP contribution in [0.3, 0.4) is 0 Å². The molecule has 1 aliphatic heterocycles. The van der Waals surface area contributed by atoms with E-state index < -0.39 is 34.3 Å². The highest BCUT2D eigenvalue weighted by atomic mass is 32.2. The summed E-state index contributed by atoms with van der Waals surface area (Å²) in [5.74, 6) is -1.26. The zero-order chi connectivity index (χ0) is 19.3. The highest BCUT2D eigenvalue weighted by molar-refractivity contribution is 7.93. The lowest BCUT2D eigenvalue weighted by molar-refractivity contribution is -0.137. The Balaban J connectivity index is 2.34. The quantitative estimate of drug-likeness (QED) is 0.876. The van der Waals surface area contributed by atoms with E-state index in [1.54, 1.807) is 0 Å². The van der Waals surface area contributed by atoms with Gasteiger partial charge in [0.1, 0.15) is 12.3 Å². The van der Waals surface area contributed by atoms with E-state index in [2.05, 4.69) is 0 Å². The third kappa shape index (κ3) is 2.85. The summed E-state index contributed by atoms with van der Waals surface area (Å²) in [5, 5.41) is 9.05. The number of alkyl halides is 3. The molecule has 2 aromatic rings. The van der Waals surface area contributed by atoms with Gasteiger partial charge < -0.3 is 9.84 Å². The zero-order valence-corrected chi connectivity index (χ0v) is 14.1. The maximum atomic E-state index is 13.1. The van der Waals surface area contributed by atoms with Crippen molar-refractivity contribution in [2.45, 2.75) is 11.1 Å². The van der Waals surface area contributed by atoms with Crippen LogP contribution in [0.15, 0.2) is 41.3 Å². The van der Waals surface area contributed by atoms with Gasteiger partial charge in [-0.1, -0.05) is 0 Å². The van der Waals surface area contributed by atoms with Gasteiger partial charge in [0.2, 0.25) is 0 Å². The number of hydrogen-bond acceptors (Lipinski definition) is 4. The first-order chi connectivity index (χ1) is 12.1. The molecule has 0 radical (unpaired) electrons. The van der Waals surface area contributed by atoms with Crippen molar-refractivity contribution < 1.29 is 36.2 Å². The van der Waals surface area contributed by atoms with Crippen LogP contribution in [-0.2, 0) is 21.0 Å². The Bertz CT molecular complexity index is 1000. The number of rotatable bonds is 3. The van der Waals surface area contributed by atoms with E-state index in [1.165, 1.54) is 19.2 Å². The molecule has 0 atom stereocenters. The van der Waals surface area contributed by atoms with Gasteiger partial charge in [-0.05, 0) is 30.3 Å². The Hall–Kier alpha value is -2.75. The minimum absolute atomic E-state index is 0.0199. The van der Waals surface area contributed by atoms with Crippen LogP contribution in [0.5, 0.6) is 5.75 Å². The Morgan fingerprint density at radius 3 is 2.42 bits per heavy atom. The first-order valence-corrected chi connectivity index (χ1v) is 8.64. The van der Waals surface area contributed by atoms with Crippen molar-refractivity contribution in [1.29, 1.82) is 0 Å². The van der Waals surface area contributed by atoms with E-state index >= 15 is 0 Å². The number of ether oxygens (including phenoxy) is 1. The molecule has 0 bridgehead atoms. The van der Waals surface area contributed by atoms with Gasteiger partial charge in [0, 0.05) is 17.2 Å². The molecule has 0 aromatic heterocycles.